The number of ether oxygens (including phenoxy) is 1. The van der Waals surface area contributed by atoms with Crippen LogP contribution in [0.5, 0.6) is 5.75 Å². The van der Waals surface area contributed by atoms with Crippen molar-refractivity contribution in [2.45, 2.75) is 12.5 Å². The van der Waals surface area contributed by atoms with Gasteiger partial charge >= 0.3 is 0 Å². The fourth-order valence-electron chi connectivity index (χ4n) is 2.57. The Hall–Kier alpha value is -1.58. The fraction of sp³-hybridized carbons (Fsp3) is 0.375. The van der Waals surface area contributed by atoms with Crippen LogP contribution in [0.1, 0.15) is 6.42 Å². The van der Waals surface area contributed by atoms with Crippen LogP contribution in [0.2, 0.25) is 0 Å². The van der Waals surface area contributed by atoms with Crippen LogP contribution in [-0.2, 0) is 0 Å². The summed E-state index contributed by atoms with van der Waals surface area (Å²) in [7, 11) is 0. The monoisotopic (exact) mass is 257 g/mol. The second-order valence-electron chi connectivity index (χ2n) is 5.10. The SMILES string of the molecule is O[C@H]1CCN(CCOc2ccc3ccccc3c2)C1. The van der Waals surface area contributed by atoms with Gasteiger partial charge in [-0.15, -0.1) is 0 Å². The third-order valence-corrected chi connectivity index (χ3v) is 3.64. The van der Waals surface area contributed by atoms with Crippen molar-refractivity contribution in [1.29, 1.82) is 0 Å². The number of hydrogen-bond acceptors (Lipinski definition) is 3. The number of aliphatic hydroxyl groups is 1. The van der Waals surface area contributed by atoms with Crippen molar-refractivity contribution in [3.63, 3.8) is 0 Å². The summed E-state index contributed by atoms with van der Waals surface area (Å²) < 4.78 is 5.79. The molecule has 0 aliphatic carbocycles. The van der Waals surface area contributed by atoms with Gasteiger partial charge in [0.1, 0.15) is 12.4 Å². The smallest absolute Gasteiger partial charge is 0.120 e. The lowest BCUT2D eigenvalue weighted by Crippen LogP contribution is -2.27. The standard InChI is InChI=1S/C16H19NO2/c18-15-7-8-17(12-15)9-10-19-16-6-5-13-3-1-2-4-14(13)11-16/h1-6,11,15,18H,7-10,12H2/t15-/m0/s1. The van der Waals surface area contributed by atoms with E-state index in [4.69, 9.17) is 4.74 Å². The number of fused-ring (bicyclic) bond motifs is 1. The van der Waals surface area contributed by atoms with Gasteiger partial charge in [0, 0.05) is 19.6 Å². The Bertz CT molecular complexity index is 555. The van der Waals surface area contributed by atoms with Crippen LogP contribution in [0.4, 0.5) is 0 Å². The zero-order valence-electron chi connectivity index (χ0n) is 11.0. The quantitative estimate of drug-likeness (QED) is 0.912. The molecule has 3 heteroatoms. The van der Waals surface area contributed by atoms with Crippen LogP contribution in [-0.4, -0.2) is 42.4 Å². The molecule has 3 nitrogen and oxygen atoms in total. The second-order valence-corrected chi connectivity index (χ2v) is 5.10. The van der Waals surface area contributed by atoms with Crippen molar-refractivity contribution >= 4 is 10.8 Å². The number of hydrogen-bond donors (Lipinski definition) is 1. The highest BCUT2D eigenvalue weighted by atomic mass is 16.5. The highest BCUT2D eigenvalue weighted by Crippen LogP contribution is 2.20. The molecular weight excluding hydrogens is 238 g/mol. The molecule has 1 fully saturated rings. The zero-order chi connectivity index (χ0) is 13.1. The Morgan fingerprint density at radius 3 is 2.79 bits per heavy atom. The van der Waals surface area contributed by atoms with E-state index in [1.165, 1.54) is 10.8 Å². The third-order valence-electron chi connectivity index (χ3n) is 3.64. The number of benzene rings is 2. The highest BCUT2D eigenvalue weighted by Gasteiger charge is 2.19. The van der Waals surface area contributed by atoms with Crippen LogP contribution in [0.25, 0.3) is 10.8 Å². The molecule has 0 saturated carbocycles. The van der Waals surface area contributed by atoms with Gasteiger partial charge in [-0.25, -0.2) is 0 Å². The summed E-state index contributed by atoms with van der Waals surface area (Å²) in [5.41, 5.74) is 0. The van der Waals surface area contributed by atoms with Gasteiger partial charge in [-0.3, -0.25) is 4.90 Å². The fourth-order valence-corrected chi connectivity index (χ4v) is 2.57. The van der Waals surface area contributed by atoms with Gasteiger partial charge in [0.25, 0.3) is 0 Å². The number of rotatable bonds is 4. The van der Waals surface area contributed by atoms with Crippen molar-refractivity contribution in [2.24, 2.45) is 0 Å². The van der Waals surface area contributed by atoms with Gasteiger partial charge in [-0.2, -0.15) is 0 Å². The van der Waals surface area contributed by atoms with E-state index in [1.54, 1.807) is 0 Å². The van der Waals surface area contributed by atoms with Crippen molar-refractivity contribution in [1.82, 2.24) is 4.90 Å². The van der Waals surface area contributed by atoms with Crippen molar-refractivity contribution in [2.75, 3.05) is 26.2 Å². The van der Waals surface area contributed by atoms with E-state index in [2.05, 4.69) is 29.2 Å². The lowest BCUT2D eigenvalue weighted by molar-refractivity contribution is 0.167. The normalized spacial score (nSPS) is 19.9. The summed E-state index contributed by atoms with van der Waals surface area (Å²) in [6.07, 6.45) is 0.733. The molecule has 1 N–H and O–H groups in total. The lowest BCUT2D eigenvalue weighted by Gasteiger charge is -2.15. The molecule has 1 heterocycles. The molecular formula is C16H19NO2. The summed E-state index contributed by atoms with van der Waals surface area (Å²) in [6.45, 7) is 3.30. The van der Waals surface area contributed by atoms with Crippen LogP contribution >= 0.6 is 0 Å². The first-order valence-electron chi connectivity index (χ1n) is 6.83. The molecule has 2 aromatic rings. The molecule has 1 aliphatic heterocycles. The maximum atomic E-state index is 9.45. The van der Waals surface area contributed by atoms with E-state index in [0.29, 0.717) is 6.61 Å². The largest absolute Gasteiger partial charge is 0.492 e. The van der Waals surface area contributed by atoms with E-state index in [-0.39, 0.29) is 6.10 Å². The summed E-state index contributed by atoms with van der Waals surface area (Å²) in [4.78, 5) is 2.24. The lowest BCUT2D eigenvalue weighted by atomic mass is 10.1. The predicted octanol–water partition coefficient (Wildman–Crippen LogP) is 2.29. The van der Waals surface area contributed by atoms with Crippen LogP contribution < -0.4 is 4.74 Å². The van der Waals surface area contributed by atoms with Gasteiger partial charge in [0.2, 0.25) is 0 Å². The van der Waals surface area contributed by atoms with E-state index < -0.39 is 0 Å². The summed E-state index contributed by atoms with van der Waals surface area (Å²) in [5.74, 6) is 0.915. The van der Waals surface area contributed by atoms with E-state index >= 15 is 0 Å². The summed E-state index contributed by atoms with van der Waals surface area (Å²) >= 11 is 0. The molecule has 19 heavy (non-hydrogen) atoms. The molecule has 1 aliphatic rings. The highest BCUT2D eigenvalue weighted by molar-refractivity contribution is 5.83. The summed E-state index contributed by atoms with van der Waals surface area (Å²) in [5, 5.41) is 11.9. The zero-order valence-corrected chi connectivity index (χ0v) is 11.0. The third kappa shape index (κ3) is 3.06. The van der Waals surface area contributed by atoms with Gasteiger partial charge < -0.3 is 9.84 Å². The Kier molecular flexibility index (Phi) is 3.67. The average molecular weight is 257 g/mol. The number of nitrogens with zero attached hydrogens (tertiary/aromatic N) is 1. The molecule has 2 aromatic carbocycles. The number of likely N-dealkylation sites (tertiary alicyclic amines) is 1. The topological polar surface area (TPSA) is 32.7 Å². The molecule has 0 bridgehead atoms. The minimum absolute atomic E-state index is 0.152. The first kappa shape index (κ1) is 12.5. The average Bonchev–Trinajstić information content (AvgIpc) is 2.84. The second kappa shape index (κ2) is 5.59. The maximum absolute atomic E-state index is 9.45. The molecule has 1 saturated heterocycles. The van der Waals surface area contributed by atoms with Gasteiger partial charge in [0.15, 0.2) is 0 Å². The van der Waals surface area contributed by atoms with Crippen LogP contribution in [0.15, 0.2) is 42.5 Å². The first-order chi connectivity index (χ1) is 9.31. The van der Waals surface area contributed by atoms with Gasteiger partial charge in [-0.05, 0) is 29.3 Å². The maximum Gasteiger partial charge on any atom is 0.120 e. The van der Waals surface area contributed by atoms with Gasteiger partial charge in [-0.1, -0.05) is 30.3 Å². The molecule has 0 unspecified atom stereocenters. The first-order valence-corrected chi connectivity index (χ1v) is 6.83. The molecule has 0 aromatic heterocycles. The Morgan fingerprint density at radius 1 is 1.16 bits per heavy atom. The molecule has 100 valence electrons. The summed E-state index contributed by atoms with van der Waals surface area (Å²) in [6, 6.07) is 14.5. The van der Waals surface area contributed by atoms with E-state index in [1.807, 2.05) is 18.2 Å². The molecule has 3 rings (SSSR count). The minimum atomic E-state index is -0.152. The molecule has 0 amide bonds. The van der Waals surface area contributed by atoms with Crippen molar-refractivity contribution in [3.8, 4) is 5.75 Å². The van der Waals surface area contributed by atoms with Gasteiger partial charge in [0.05, 0.1) is 6.10 Å². The predicted molar refractivity (Wildman–Crippen MR) is 76.5 cm³/mol. The molecule has 0 radical (unpaired) electrons. The molecule has 0 spiro atoms. The van der Waals surface area contributed by atoms with Crippen molar-refractivity contribution in [3.05, 3.63) is 42.5 Å². The molecule has 1 atom stereocenters. The Labute approximate surface area is 113 Å². The number of aliphatic hydroxyl groups excluding tert-OH is 1. The Balaban J connectivity index is 1.56. The number of β-amino-alcohol motifs (C(OH)–C–C–N with tert-alkyl or cyclic N) is 1. The van der Waals surface area contributed by atoms with E-state index in [9.17, 15) is 5.11 Å². The van der Waals surface area contributed by atoms with Crippen molar-refractivity contribution < 1.29 is 9.84 Å². The van der Waals surface area contributed by atoms with Crippen LogP contribution in [0.3, 0.4) is 0 Å². The van der Waals surface area contributed by atoms with E-state index in [0.717, 1.165) is 31.8 Å². The van der Waals surface area contributed by atoms with Crippen LogP contribution in [0, 0.1) is 0 Å². The minimum Gasteiger partial charge on any atom is -0.492 e. The Morgan fingerprint density at radius 2 is 2.00 bits per heavy atom.